The number of ether oxygens (including phenoxy) is 3. The van der Waals surface area contributed by atoms with Crippen LogP contribution in [-0.4, -0.2) is 47.7 Å². The van der Waals surface area contributed by atoms with Gasteiger partial charge >= 0.3 is 5.97 Å². The molecule has 0 atom stereocenters. The average Bonchev–Trinajstić information content (AvgIpc) is 3.49. The minimum absolute atomic E-state index is 0.173. The third-order valence-electron chi connectivity index (χ3n) is 6.65. The Morgan fingerprint density at radius 3 is 2.41 bits per heavy atom. The number of aromatic nitrogens is 1. The molecule has 0 unspecified atom stereocenters. The van der Waals surface area contributed by atoms with E-state index in [1.807, 2.05) is 69.3 Å². The number of piperidine rings is 1. The number of carbonyl (C=O) groups is 1. The zero-order chi connectivity index (χ0) is 28.3. The predicted molar refractivity (Wildman–Crippen MR) is 159 cm³/mol. The van der Waals surface area contributed by atoms with Gasteiger partial charge in [0.05, 0.1) is 10.2 Å². The normalized spacial score (nSPS) is 16.4. The Bertz CT molecular complexity index is 1270. The van der Waals surface area contributed by atoms with Crippen molar-refractivity contribution in [2.75, 3.05) is 26.2 Å². The lowest BCUT2D eigenvalue weighted by Crippen LogP contribution is -2.46. The minimum Gasteiger partial charge on any atom is -0.492 e. The highest BCUT2D eigenvalue weighted by molar-refractivity contribution is 7.20. The summed E-state index contributed by atoms with van der Waals surface area (Å²) < 4.78 is 18.9. The summed E-state index contributed by atoms with van der Waals surface area (Å²) in [5.74, 6) is 1.37. The summed E-state index contributed by atoms with van der Waals surface area (Å²) in [4.78, 5) is 19.1. The number of fused-ring (bicyclic) bond motifs is 1. The molecule has 3 heterocycles. The summed E-state index contributed by atoms with van der Waals surface area (Å²) in [6, 6.07) is 15.7. The molecule has 3 aromatic rings. The number of allylic oxidation sites excluding steroid dienone is 1. The van der Waals surface area contributed by atoms with Crippen molar-refractivity contribution in [3.05, 3.63) is 71.8 Å². The van der Waals surface area contributed by atoms with E-state index in [9.17, 15) is 4.79 Å². The number of hydrogen-bond acceptors (Lipinski definition) is 7. The van der Waals surface area contributed by atoms with Crippen LogP contribution in [0, 0.1) is 12.8 Å². The van der Waals surface area contributed by atoms with Crippen LogP contribution >= 0.6 is 11.3 Å². The van der Waals surface area contributed by atoms with Gasteiger partial charge in [0.2, 0.25) is 0 Å². The first-order valence-electron chi connectivity index (χ1n) is 13.5. The van der Waals surface area contributed by atoms with Crippen molar-refractivity contribution in [3.8, 4) is 29.5 Å². The molecular formula is C32H38N2O4S. The van der Waals surface area contributed by atoms with Gasteiger partial charge in [-0.2, -0.15) is 0 Å². The van der Waals surface area contributed by atoms with E-state index in [0.29, 0.717) is 11.8 Å². The largest absolute Gasteiger partial charge is 0.492 e. The molecule has 0 amide bonds. The summed E-state index contributed by atoms with van der Waals surface area (Å²) in [5, 5.41) is 0.633. The van der Waals surface area contributed by atoms with E-state index in [2.05, 4.69) is 41.8 Å². The Balaban J connectivity index is 0.00000100. The molecule has 6 nitrogen and oxygen atoms in total. The maximum Gasteiger partial charge on any atom is 0.335 e. The van der Waals surface area contributed by atoms with Gasteiger partial charge in [-0.15, -0.1) is 12.8 Å². The van der Waals surface area contributed by atoms with Crippen molar-refractivity contribution in [3.63, 3.8) is 0 Å². The first-order chi connectivity index (χ1) is 19.1. The molecule has 2 aliphatic heterocycles. The molecular weight excluding hydrogens is 508 g/mol. The zero-order valence-electron chi connectivity index (χ0n) is 23.3. The number of rotatable bonds is 8. The van der Waals surface area contributed by atoms with Crippen molar-refractivity contribution in [2.45, 2.75) is 52.6 Å². The van der Waals surface area contributed by atoms with Gasteiger partial charge in [-0.05, 0) is 49.7 Å². The Morgan fingerprint density at radius 1 is 1.08 bits per heavy atom. The maximum atomic E-state index is 12.2. The van der Waals surface area contributed by atoms with Gasteiger partial charge in [-0.3, -0.25) is 4.90 Å². The number of esters is 1. The monoisotopic (exact) mass is 546 g/mol. The first kappa shape index (κ1) is 29.9. The van der Waals surface area contributed by atoms with Gasteiger partial charge in [-0.25, -0.2) is 9.78 Å². The molecule has 2 aliphatic rings. The summed E-state index contributed by atoms with van der Waals surface area (Å²) in [7, 11) is 0. The highest BCUT2D eigenvalue weighted by Crippen LogP contribution is 2.41. The molecule has 1 aromatic heterocycles. The molecule has 0 N–H and O–H groups in total. The fraction of sp³-hybridized carbons (Fsp3) is 0.375. The summed E-state index contributed by atoms with van der Waals surface area (Å²) in [5.41, 5.74) is 2.31. The zero-order valence-corrected chi connectivity index (χ0v) is 24.1. The van der Waals surface area contributed by atoms with Crippen LogP contribution in [0.5, 0.6) is 16.7 Å². The first-order valence-corrected chi connectivity index (χ1v) is 14.3. The Kier molecular flexibility index (Phi) is 11.2. The van der Waals surface area contributed by atoms with Crippen LogP contribution in [0.2, 0.25) is 0 Å². The maximum absolute atomic E-state index is 12.2. The van der Waals surface area contributed by atoms with E-state index >= 15 is 0 Å². The molecule has 7 heteroatoms. The average molecular weight is 547 g/mol. The number of terminal acetylenes is 1. The molecule has 5 rings (SSSR count). The van der Waals surface area contributed by atoms with Gasteiger partial charge in [0.25, 0.3) is 5.19 Å². The van der Waals surface area contributed by atoms with E-state index in [1.54, 1.807) is 0 Å². The Labute approximate surface area is 236 Å². The van der Waals surface area contributed by atoms with E-state index < -0.39 is 5.60 Å². The van der Waals surface area contributed by atoms with Gasteiger partial charge in [-0.1, -0.05) is 56.4 Å². The number of nitrogens with zero attached hydrogens (tertiary/aromatic N) is 2. The number of thiazole rings is 1. The van der Waals surface area contributed by atoms with E-state index in [0.717, 1.165) is 71.8 Å². The quantitative estimate of drug-likeness (QED) is 0.216. The van der Waals surface area contributed by atoms with Gasteiger partial charge < -0.3 is 14.2 Å². The molecule has 1 fully saturated rings. The number of likely N-dealkylation sites (tertiary alicyclic amines) is 1. The molecule has 1 saturated heterocycles. The summed E-state index contributed by atoms with van der Waals surface area (Å²) >= 11 is 1.53. The van der Waals surface area contributed by atoms with Gasteiger partial charge in [0.1, 0.15) is 23.7 Å². The molecule has 206 valence electrons. The van der Waals surface area contributed by atoms with Gasteiger partial charge in [0.15, 0.2) is 0 Å². The second-order valence-electron chi connectivity index (χ2n) is 8.94. The molecule has 0 saturated carbocycles. The van der Waals surface area contributed by atoms with Crippen LogP contribution in [0.15, 0.2) is 71.8 Å². The van der Waals surface area contributed by atoms with Crippen LogP contribution in [0.1, 0.15) is 47.0 Å². The summed E-state index contributed by atoms with van der Waals surface area (Å²) in [6.07, 6.45) is 14.8. The third kappa shape index (κ3) is 7.29. The number of carbonyl (C=O) groups excluding carboxylic acids is 1. The second kappa shape index (κ2) is 14.5. The number of para-hydroxylation sites is 1. The van der Waals surface area contributed by atoms with Gasteiger partial charge in [0, 0.05) is 43.6 Å². The molecule has 39 heavy (non-hydrogen) atoms. The van der Waals surface area contributed by atoms with E-state index in [-0.39, 0.29) is 5.97 Å². The second-order valence-corrected chi connectivity index (χ2v) is 9.94. The molecule has 0 radical (unpaired) electrons. The fourth-order valence-electron chi connectivity index (χ4n) is 4.67. The van der Waals surface area contributed by atoms with Crippen molar-refractivity contribution in [1.29, 1.82) is 0 Å². The minimum atomic E-state index is -0.455. The smallest absolute Gasteiger partial charge is 0.335 e. The van der Waals surface area contributed by atoms with Crippen molar-refractivity contribution in [1.82, 2.24) is 9.88 Å². The van der Waals surface area contributed by atoms with Crippen molar-refractivity contribution in [2.24, 2.45) is 0 Å². The molecule has 1 spiro atoms. The highest BCUT2D eigenvalue weighted by Gasteiger charge is 2.46. The highest BCUT2D eigenvalue weighted by atomic mass is 32.1. The van der Waals surface area contributed by atoms with Crippen LogP contribution < -0.4 is 9.47 Å². The molecule has 2 aromatic carbocycles. The lowest BCUT2D eigenvalue weighted by Gasteiger charge is -2.39. The molecule has 0 aliphatic carbocycles. The fourth-order valence-corrected chi connectivity index (χ4v) is 5.51. The van der Waals surface area contributed by atoms with E-state index in [4.69, 9.17) is 14.2 Å². The SMILES string of the molecule is C#C.CC.CC/C=C\C1=C(C)C(=O)OC12CCN(CCOc1ccc(Oc3nc4ccccc4s3)cc1)CC2. The van der Waals surface area contributed by atoms with Crippen molar-refractivity contribution >= 4 is 27.5 Å². The Hall–Kier alpha value is -3.60. The van der Waals surface area contributed by atoms with Crippen LogP contribution in [0.3, 0.4) is 0 Å². The lowest BCUT2D eigenvalue weighted by molar-refractivity contribution is -0.150. The van der Waals surface area contributed by atoms with Crippen molar-refractivity contribution < 1.29 is 19.0 Å². The van der Waals surface area contributed by atoms with Crippen LogP contribution in [-0.2, 0) is 9.53 Å². The standard InChI is InChI=1S/C28H30N2O4S.C2H6.C2H2/c1-3-4-7-23-20(2)26(31)34-28(23)14-16-30(17-15-28)18-19-32-21-10-12-22(13-11-21)33-27-29-24-8-5-6-9-25(24)35-27;2*1-2/h4-13H,3,14-19H2,1-2H3;1-2H3;1-2H/b7-4-;;. The topological polar surface area (TPSA) is 60.9 Å². The predicted octanol–water partition coefficient (Wildman–Crippen LogP) is 7.42. The Morgan fingerprint density at radius 2 is 1.74 bits per heavy atom. The van der Waals surface area contributed by atoms with Crippen LogP contribution in [0.4, 0.5) is 0 Å². The lowest BCUT2D eigenvalue weighted by atomic mass is 9.83. The summed E-state index contributed by atoms with van der Waals surface area (Å²) in [6.45, 7) is 11.2. The third-order valence-corrected chi connectivity index (χ3v) is 7.57. The van der Waals surface area contributed by atoms with E-state index in [1.165, 1.54) is 11.3 Å². The number of benzene rings is 2. The number of hydrogen-bond donors (Lipinski definition) is 0. The molecule has 0 bridgehead atoms. The van der Waals surface area contributed by atoms with Crippen LogP contribution in [0.25, 0.3) is 10.2 Å².